The number of carbonyl (C=O) groups is 4. The third-order valence-corrected chi connectivity index (χ3v) is 2.84. The molecule has 0 fully saturated rings. The van der Waals surface area contributed by atoms with Crippen molar-refractivity contribution in [2.75, 3.05) is 13.2 Å². The maximum atomic E-state index is 11.2. The normalized spacial score (nSPS) is 14.1. The van der Waals surface area contributed by atoms with E-state index in [2.05, 4.69) is 0 Å². The third kappa shape index (κ3) is 11.1. The highest BCUT2D eigenvalue weighted by Gasteiger charge is 2.27. The highest BCUT2D eigenvalue weighted by atomic mass is 16.6. The fraction of sp³-hybridized carbons (Fsp3) is 0.733. The molecule has 2 unspecified atom stereocenters. The summed E-state index contributed by atoms with van der Waals surface area (Å²) in [6.07, 6.45) is -1.10. The molecular weight excluding hydrogens is 308 g/mol. The van der Waals surface area contributed by atoms with Crippen LogP contribution in [0.2, 0.25) is 0 Å². The van der Waals surface area contributed by atoms with Crippen molar-refractivity contribution in [2.24, 2.45) is 5.92 Å². The van der Waals surface area contributed by atoms with Gasteiger partial charge in [0.1, 0.15) is 25.4 Å². The van der Waals surface area contributed by atoms with E-state index in [0.29, 0.717) is 0 Å². The van der Waals surface area contributed by atoms with Gasteiger partial charge in [0.15, 0.2) is 0 Å². The monoisotopic (exact) mass is 332 g/mol. The van der Waals surface area contributed by atoms with E-state index < -0.39 is 36.1 Å². The van der Waals surface area contributed by atoms with Crippen molar-refractivity contribution in [3.05, 3.63) is 0 Å². The standard InChI is InChI=1S/C15H24O8/c1-9(15(23-13(5)19)8-21-11(3)17)6-14(22-12(4)18)7-20-10(2)16/h9,14-15H,6-8H2,1-5H3/t9-,14?,15?/m1/s1. The van der Waals surface area contributed by atoms with Gasteiger partial charge in [-0.2, -0.15) is 0 Å². The quantitative estimate of drug-likeness (QED) is 0.455. The molecule has 0 aliphatic heterocycles. The van der Waals surface area contributed by atoms with E-state index in [0.717, 1.165) is 0 Å². The Morgan fingerprint density at radius 3 is 1.65 bits per heavy atom. The fourth-order valence-electron chi connectivity index (χ4n) is 1.89. The molecule has 0 aliphatic rings. The maximum Gasteiger partial charge on any atom is 0.303 e. The van der Waals surface area contributed by atoms with Gasteiger partial charge in [0.2, 0.25) is 0 Å². The van der Waals surface area contributed by atoms with E-state index in [9.17, 15) is 19.2 Å². The molecule has 0 bridgehead atoms. The summed E-state index contributed by atoms with van der Waals surface area (Å²) in [7, 11) is 0. The van der Waals surface area contributed by atoms with Crippen molar-refractivity contribution in [1.29, 1.82) is 0 Å². The Bertz CT molecular complexity index is 431. The highest BCUT2D eigenvalue weighted by molar-refractivity contribution is 5.67. The van der Waals surface area contributed by atoms with Crippen LogP contribution in [0.3, 0.4) is 0 Å². The van der Waals surface area contributed by atoms with Gasteiger partial charge in [-0.05, 0) is 6.42 Å². The molecule has 0 saturated heterocycles. The average molecular weight is 332 g/mol. The predicted molar refractivity (Wildman–Crippen MR) is 78.2 cm³/mol. The van der Waals surface area contributed by atoms with Crippen molar-refractivity contribution in [2.45, 2.75) is 53.2 Å². The number of hydrogen-bond donors (Lipinski definition) is 0. The lowest BCUT2D eigenvalue weighted by atomic mass is 9.97. The maximum absolute atomic E-state index is 11.2. The Labute approximate surface area is 135 Å². The summed E-state index contributed by atoms with van der Waals surface area (Å²) in [6, 6.07) is 0. The lowest BCUT2D eigenvalue weighted by Crippen LogP contribution is -2.34. The van der Waals surface area contributed by atoms with Crippen LogP contribution in [0.1, 0.15) is 41.0 Å². The van der Waals surface area contributed by atoms with Gasteiger partial charge in [-0.25, -0.2) is 0 Å². The van der Waals surface area contributed by atoms with Gasteiger partial charge in [-0.1, -0.05) is 6.92 Å². The minimum Gasteiger partial charge on any atom is -0.462 e. The molecule has 23 heavy (non-hydrogen) atoms. The highest BCUT2D eigenvalue weighted by Crippen LogP contribution is 2.18. The molecule has 0 amide bonds. The Balaban J connectivity index is 4.78. The molecule has 0 aromatic carbocycles. The van der Waals surface area contributed by atoms with Gasteiger partial charge in [0.25, 0.3) is 0 Å². The molecular formula is C15H24O8. The van der Waals surface area contributed by atoms with Crippen molar-refractivity contribution in [3.63, 3.8) is 0 Å². The van der Waals surface area contributed by atoms with Gasteiger partial charge in [0.05, 0.1) is 0 Å². The summed E-state index contributed by atoms with van der Waals surface area (Å²) >= 11 is 0. The largest absolute Gasteiger partial charge is 0.462 e. The Kier molecular flexibility index (Phi) is 9.60. The van der Waals surface area contributed by atoms with Gasteiger partial charge in [-0.15, -0.1) is 0 Å². The van der Waals surface area contributed by atoms with E-state index in [4.69, 9.17) is 18.9 Å². The Morgan fingerprint density at radius 1 is 0.739 bits per heavy atom. The van der Waals surface area contributed by atoms with Crippen LogP contribution < -0.4 is 0 Å². The first-order valence-electron chi connectivity index (χ1n) is 7.23. The molecule has 8 heteroatoms. The summed E-state index contributed by atoms with van der Waals surface area (Å²) in [4.78, 5) is 44.1. The average Bonchev–Trinajstić information content (AvgIpc) is 2.39. The summed E-state index contributed by atoms with van der Waals surface area (Å²) in [5, 5.41) is 0. The number of ether oxygens (including phenoxy) is 4. The van der Waals surface area contributed by atoms with E-state index in [1.54, 1.807) is 6.92 Å². The molecule has 0 heterocycles. The summed E-state index contributed by atoms with van der Waals surface area (Å²) in [6.45, 7) is 6.54. The third-order valence-electron chi connectivity index (χ3n) is 2.84. The molecule has 0 aliphatic carbocycles. The first-order valence-corrected chi connectivity index (χ1v) is 7.23. The van der Waals surface area contributed by atoms with Crippen LogP contribution >= 0.6 is 0 Å². The minimum atomic E-state index is -0.688. The van der Waals surface area contributed by atoms with Crippen molar-refractivity contribution < 1.29 is 38.1 Å². The van der Waals surface area contributed by atoms with Crippen LogP contribution in [0.15, 0.2) is 0 Å². The predicted octanol–water partition coefficient (Wildman–Crippen LogP) is 1.00. The van der Waals surface area contributed by atoms with Crippen LogP contribution in [-0.4, -0.2) is 49.3 Å². The van der Waals surface area contributed by atoms with Crippen molar-refractivity contribution in [1.82, 2.24) is 0 Å². The lowest BCUT2D eigenvalue weighted by molar-refractivity contribution is -0.164. The zero-order valence-corrected chi connectivity index (χ0v) is 14.1. The molecule has 0 rings (SSSR count). The summed E-state index contributed by atoms with van der Waals surface area (Å²) < 4.78 is 20.0. The fourth-order valence-corrected chi connectivity index (χ4v) is 1.89. The molecule has 0 saturated carbocycles. The first-order chi connectivity index (χ1) is 10.6. The van der Waals surface area contributed by atoms with Crippen LogP contribution in [-0.2, 0) is 38.1 Å². The van der Waals surface area contributed by atoms with Crippen molar-refractivity contribution in [3.8, 4) is 0 Å². The van der Waals surface area contributed by atoms with E-state index in [1.807, 2.05) is 0 Å². The number of rotatable bonds is 9. The lowest BCUT2D eigenvalue weighted by Gasteiger charge is -2.26. The van der Waals surface area contributed by atoms with E-state index in [-0.39, 0.29) is 25.6 Å². The van der Waals surface area contributed by atoms with Gasteiger partial charge in [-0.3, -0.25) is 19.2 Å². The van der Waals surface area contributed by atoms with Crippen LogP contribution in [0.25, 0.3) is 0 Å². The molecule has 0 aromatic heterocycles. The molecule has 0 radical (unpaired) electrons. The summed E-state index contributed by atoms with van der Waals surface area (Å²) in [5.74, 6) is -2.31. The zero-order chi connectivity index (χ0) is 18.0. The Morgan fingerprint density at radius 2 is 1.22 bits per heavy atom. The molecule has 0 spiro atoms. The summed E-state index contributed by atoms with van der Waals surface area (Å²) in [5.41, 5.74) is 0. The van der Waals surface area contributed by atoms with Crippen LogP contribution in [0.4, 0.5) is 0 Å². The van der Waals surface area contributed by atoms with Gasteiger partial charge < -0.3 is 18.9 Å². The van der Waals surface area contributed by atoms with Crippen LogP contribution in [0.5, 0.6) is 0 Å². The number of esters is 4. The minimum absolute atomic E-state index is 0.0976. The molecule has 0 aromatic rings. The smallest absolute Gasteiger partial charge is 0.303 e. The van der Waals surface area contributed by atoms with Gasteiger partial charge >= 0.3 is 23.9 Å². The van der Waals surface area contributed by atoms with Crippen LogP contribution in [0, 0.1) is 5.92 Å². The number of hydrogen-bond acceptors (Lipinski definition) is 8. The van der Waals surface area contributed by atoms with E-state index in [1.165, 1.54) is 27.7 Å². The SMILES string of the molecule is CC(=O)OCC(C[C@@H](C)C(COC(C)=O)OC(C)=O)OC(C)=O. The molecule has 132 valence electrons. The first kappa shape index (κ1) is 20.9. The number of carbonyl (C=O) groups excluding carboxylic acids is 4. The second-order valence-corrected chi connectivity index (χ2v) is 5.20. The second-order valence-electron chi connectivity index (χ2n) is 5.20. The Hall–Kier alpha value is -2.12. The molecule has 0 N–H and O–H groups in total. The van der Waals surface area contributed by atoms with Gasteiger partial charge in [0, 0.05) is 33.6 Å². The van der Waals surface area contributed by atoms with E-state index >= 15 is 0 Å². The second kappa shape index (κ2) is 10.6. The molecule has 3 atom stereocenters. The zero-order valence-electron chi connectivity index (χ0n) is 14.1. The molecule has 8 nitrogen and oxygen atoms in total. The van der Waals surface area contributed by atoms with Crippen molar-refractivity contribution >= 4 is 23.9 Å². The topological polar surface area (TPSA) is 105 Å².